The molecule has 1 spiro atoms. The molecule has 10 heteroatoms. The van der Waals surface area contributed by atoms with Gasteiger partial charge in [0.15, 0.2) is 11.5 Å². The molecule has 3 heterocycles. The van der Waals surface area contributed by atoms with Crippen LogP contribution in [0.15, 0.2) is 41.6 Å². The Morgan fingerprint density at radius 3 is 2.39 bits per heavy atom. The zero-order valence-electron chi connectivity index (χ0n) is 24.0. The highest BCUT2D eigenvalue weighted by atomic mass is 16.5. The maximum atomic E-state index is 13.7. The molecular formula is C31H36N2O8. The van der Waals surface area contributed by atoms with Gasteiger partial charge >= 0.3 is 11.9 Å². The van der Waals surface area contributed by atoms with Gasteiger partial charge in [0, 0.05) is 28.9 Å². The average Bonchev–Trinajstić information content (AvgIpc) is 3.54. The summed E-state index contributed by atoms with van der Waals surface area (Å²) in [5.41, 5.74) is 2.47. The smallest absolute Gasteiger partial charge is 0.338 e. The monoisotopic (exact) mass is 564 g/mol. The van der Waals surface area contributed by atoms with Crippen molar-refractivity contribution in [3.63, 3.8) is 0 Å². The molecule has 41 heavy (non-hydrogen) atoms. The van der Waals surface area contributed by atoms with E-state index in [-0.39, 0.29) is 17.4 Å². The fourth-order valence-corrected chi connectivity index (χ4v) is 8.05. The number of piperidine rings is 1. The Kier molecular flexibility index (Phi) is 6.56. The number of fused-ring (bicyclic) bond motifs is 1. The lowest BCUT2D eigenvalue weighted by Crippen LogP contribution is -2.64. The van der Waals surface area contributed by atoms with E-state index in [9.17, 15) is 14.7 Å². The fourth-order valence-electron chi connectivity index (χ4n) is 8.05. The van der Waals surface area contributed by atoms with Gasteiger partial charge in [-0.15, -0.1) is 0 Å². The van der Waals surface area contributed by atoms with Gasteiger partial charge in [-0.3, -0.25) is 4.90 Å². The van der Waals surface area contributed by atoms with Gasteiger partial charge in [-0.25, -0.2) is 9.59 Å². The van der Waals surface area contributed by atoms with Crippen LogP contribution in [0, 0.1) is 5.41 Å². The maximum Gasteiger partial charge on any atom is 0.338 e. The van der Waals surface area contributed by atoms with Gasteiger partial charge in [-0.1, -0.05) is 6.07 Å². The van der Waals surface area contributed by atoms with E-state index < -0.39 is 28.9 Å². The number of benzene rings is 2. The van der Waals surface area contributed by atoms with E-state index in [0.29, 0.717) is 29.2 Å². The van der Waals surface area contributed by atoms with Crippen LogP contribution in [0.2, 0.25) is 0 Å². The number of anilines is 1. The molecule has 2 aromatic carbocycles. The van der Waals surface area contributed by atoms with E-state index in [1.165, 1.54) is 28.4 Å². The van der Waals surface area contributed by atoms with Crippen LogP contribution in [0.3, 0.4) is 0 Å². The van der Waals surface area contributed by atoms with Gasteiger partial charge in [0.25, 0.3) is 0 Å². The zero-order chi connectivity index (χ0) is 29.1. The predicted octanol–water partition coefficient (Wildman–Crippen LogP) is 4.01. The van der Waals surface area contributed by atoms with Gasteiger partial charge < -0.3 is 34.1 Å². The van der Waals surface area contributed by atoms with Crippen LogP contribution < -0.4 is 19.5 Å². The Bertz CT molecular complexity index is 1430. The highest BCUT2D eigenvalue weighted by Gasteiger charge is 2.68. The number of aromatic hydroxyl groups is 1. The Balaban J connectivity index is 1.44. The topological polar surface area (TPSA) is 116 Å². The highest BCUT2D eigenvalue weighted by molar-refractivity contribution is 5.94. The van der Waals surface area contributed by atoms with Crippen LogP contribution in [0.4, 0.5) is 5.69 Å². The minimum atomic E-state index is -0.556. The molecule has 4 aliphatic rings. The number of nitrogens with one attached hydrogen (secondary N) is 1. The van der Waals surface area contributed by atoms with Crippen molar-refractivity contribution in [2.45, 2.75) is 50.2 Å². The average molecular weight is 565 g/mol. The fraction of sp³-hybridized carbons (Fsp3) is 0.484. The number of phenolic OH excluding ortho intramolecular Hbond substituents is 1. The van der Waals surface area contributed by atoms with Crippen molar-refractivity contribution in [3.05, 3.63) is 52.7 Å². The second-order valence-electron chi connectivity index (χ2n) is 11.3. The Morgan fingerprint density at radius 2 is 1.73 bits per heavy atom. The van der Waals surface area contributed by atoms with E-state index in [4.69, 9.17) is 23.7 Å². The van der Waals surface area contributed by atoms with Crippen LogP contribution in [0.5, 0.6) is 23.0 Å². The molecule has 3 aliphatic heterocycles. The van der Waals surface area contributed by atoms with Crippen molar-refractivity contribution in [3.8, 4) is 23.0 Å². The number of ether oxygens (including phenoxy) is 5. The molecule has 1 aliphatic carbocycles. The zero-order valence-corrected chi connectivity index (χ0v) is 24.0. The first-order chi connectivity index (χ1) is 19.7. The van der Waals surface area contributed by atoms with Gasteiger partial charge in [0.2, 0.25) is 5.75 Å². The number of methoxy groups -OCH3 is 4. The summed E-state index contributed by atoms with van der Waals surface area (Å²) in [7, 11) is 5.90. The molecule has 2 saturated heterocycles. The molecule has 218 valence electrons. The van der Waals surface area contributed by atoms with Gasteiger partial charge in [0.05, 0.1) is 45.0 Å². The van der Waals surface area contributed by atoms with Crippen molar-refractivity contribution in [2.24, 2.45) is 5.41 Å². The molecule has 2 fully saturated rings. The second kappa shape index (κ2) is 9.87. The molecule has 2 N–H and O–H groups in total. The Morgan fingerprint density at radius 1 is 1.00 bits per heavy atom. The Labute approximate surface area is 239 Å². The van der Waals surface area contributed by atoms with Crippen LogP contribution >= 0.6 is 0 Å². The van der Waals surface area contributed by atoms with Gasteiger partial charge in [-0.2, -0.15) is 0 Å². The molecule has 10 nitrogen and oxygen atoms in total. The normalized spacial score (nSPS) is 26.7. The number of esters is 2. The summed E-state index contributed by atoms with van der Waals surface area (Å²) in [5, 5.41) is 13.8. The van der Waals surface area contributed by atoms with Gasteiger partial charge in [0.1, 0.15) is 11.9 Å². The van der Waals surface area contributed by atoms with Gasteiger partial charge in [-0.05, 0) is 69.5 Å². The number of rotatable bonds is 7. The standard InChI is InChI=1S/C31H36N2O8/c1-17(41-27(35)18-13-23(37-2)25(39-4)24(14-18)38-3)30-9-6-11-33-12-10-31(29(30)33)21-8-7-19(34)15-22(21)32-26(31)20(16-30)28(36)40-5/h7-8,13-15,17,29,32,34H,6,9-12,16H2,1-5H3. The lowest BCUT2D eigenvalue weighted by molar-refractivity contribution is -0.138. The highest BCUT2D eigenvalue weighted by Crippen LogP contribution is 2.65. The number of nitrogens with zero attached hydrogens (tertiary/aromatic N) is 1. The van der Waals surface area contributed by atoms with E-state index in [1.54, 1.807) is 24.3 Å². The minimum absolute atomic E-state index is 0.0202. The lowest BCUT2D eigenvalue weighted by Gasteiger charge is -2.57. The number of hydrogen-bond donors (Lipinski definition) is 2. The molecule has 4 atom stereocenters. The molecule has 6 rings (SSSR count). The van der Waals surface area contributed by atoms with Crippen LogP contribution in [-0.4, -0.2) is 75.6 Å². The molecule has 2 aromatic rings. The summed E-state index contributed by atoms with van der Waals surface area (Å²) in [5.74, 6) is 0.356. The summed E-state index contributed by atoms with van der Waals surface area (Å²) in [4.78, 5) is 29.5. The molecule has 0 radical (unpaired) electrons. The SMILES string of the molecule is COC(=O)C1=C2Nc3cc(O)ccc3C23CCN2CCCC(C(C)OC(=O)c4cc(OC)c(OC)c(OC)c4)(C1)C23. The van der Waals surface area contributed by atoms with Crippen LogP contribution in [0.1, 0.15) is 48.5 Å². The first kappa shape index (κ1) is 27.3. The van der Waals surface area contributed by atoms with Crippen LogP contribution in [-0.2, 0) is 19.7 Å². The second-order valence-corrected chi connectivity index (χ2v) is 11.3. The molecule has 4 unspecified atom stereocenters. The molecule has 0 aromatic heterocycles. The number of carbonyl (C=O) groups is 2. The molecule has 0 bridgehead atoms. The van der Waals surface area contributed by atoms with Crippen molar-refractivity contribution < 1.29 is 38.4 Å². The quantitative estimate of drug-likeness (QED) is 0.478. The molecule has 0 saturated carbocycles. The summed E-state index contributed by atoms with van der Waals surface area (Å²) >= 11 is 0. The summed E-state index contributed by atoms with van der Waals surface area (Å²) in [6, 6.07) is 8.52. The number of phenols is 1. The third kappa shape index (κ3) is 3.80. The molecular weight excluding hydrogens is 528 g/mol. The van der Waals surface area contributed by atoms with Crippen molar-refractivity contribution in [1.29, 1.82) is 0 Å². The summed E-state index contributed by atoms with van der Waals surface area (Å²) < 4.78 is 27.9. The van der Waals surface area contributed by atoms with E-state index >= 15 is 0 Å². The largest absolute Gasteiger partial charge is 0.508 e. The van der Waals surface area contributed by atoms with Crippen LogP contribution in [0.25, 0.3) is 0 Å². The Hall–Kier alpha value is -3.92. The third-order valence-corrected chi connectivity index (χ3v) is 9.68. The first-order valence-corrected chi connectivity index (χ1v) is 13.9. The third-order valence-electron chi connectivity index (χ3n) is 9.68. The van der Waals surface area contributed by atoms with Crippen molar-refractivity contribution >= 4 is 17.6 Å². The summed E-state index contributed by atoms with van der Waals surface area (Å²) in [6.45, 7) is 3.71. The van der Waals surface area contributed by atoms with E-state index in [2.05, 4.69) is 10.2 Å². The van der Waals surface area contributed by atoms with E-state index in [1.807, 2.05) is 13.0 Å². The lowest BCUT2D eigenvalue weighted by atomic mass is 9.53. The maximum absolute atomic E-state index is 13.7. The number of hydrogen-bond acceptors (Lipinski definition) is 10. The first-order valence-electron chi connectivity index (χ1n) is 13.9. The molecule has 0 amide bonds. The predicted molar refractivity (Wildman–Crippen MR) is 150 cm³/mol. The van der Waals surface area contributed by atoms with E-state index in [0.717, 1.165) is 49.3 Å². The minimum Gasteiger partial charge on any atom is -0.508 e. The number of carbonyl (C=O) groups excluding carboxylic acids is 2. The van der Waals surface area contributed by atoms with Crippen molar-refractivity contribution in [1.82, 2.24) is 4.90 Å². The summed E-state index contributed by atoms with van der Waals surface area (Å²) in [6.07, 6.45) is 2.35. The van der Waals surface area contributed by atoms with Crippen molar-refractivity contribution in [2.75, 3.05) is 46.8 Å².